The van der Waals surface area contributed by atoms with Crippen LogP contribution in [0.15, 0.2) is 60.9 Å². The average Bonchev–Trinajstić information content (AvgIpc) is 3.26. The Morgan fingerprint density at radius 3 is 1.62 bits per heavy atom. The predicted molar refractivity (Wildman–Crippen MR) is 95.5 cm³/mol. The van der Waals surface area contributed by atoms with Gasteiger partial charge in [0, 0.05) is 26.5 Å². The van der Waals surface area contributed by atoms with Gasteiger partial charge < -0.3 is 18.6 Å². The molecule has 0 saturated carbocycles. The van der Waals surface area contributed by atoms with Gasteiger partial charge in [0.1, 0.15) is 24.6 Å². The monoisotopic (exact) mass is 352 g/mol. The summed E-state index contributed by atoms with van der Waals surface area (Å²) >= 11 is 0. The summed E-state index contributed by atoms with van der Waals surface area (Å²) < 4.78 is 14.1. The van der Waals surface area contributed by atoms with E-state index in [1.807, 2.05) is 24.3 Å². The van der Waals surface area contributed by atoms with E-state index >= 15 is 0 Å². The van der Waals surface area contributed by atoms with Crippen LogP contribution in [-0.4, -0.2) is 21.1 Å². The number of ether oxygens (including phenoxy) is 2. The first-order valence-corrected chi connectivity index (χ1v) is 8.19. The summed E-state index contributed by atoms with van der Waals surface area (Å²) in [4.78, 5) is 24.1. The van der Waals surface area contributed by atoms with Gasteiger partial charge >= 0.3 is 11.9 Å². The number of aromatic nitrogens is 2. The molecular weight excluding hydrogens is 332 g/mol. The van der Waals surface area contributed by atoms with Crippen LogP contribution in [0.4, 0.5) is 0 Å². The lowest BCUT2D eigenvalue weighted by Crippen LogP contribution is -2.10. The molecular formula is C20H20N2O4. The van der Waals surface area contributed by atoms with Crippen molar-refractivity contribution >= 4 is 11.9 Å². The third-order valence-corrected chi connectivity index (χ3v) is 4.04. The summed E-state index contributed by atoms with van der Waals surface area (Å²) in [6.45, 7) is 0.313. The lowest BCUT2D eigenvalue weighted by Gasteiger charge is -2.09. The highest BCUT2D eigenvalue weighted by atomic mass is 16.5. The highest BCUT2D eigenvalue weighted by Gasteiger charge is 2.12. The molecule has 0 aliphatic carbocycles. The number of hydrogen-bond donors (Lipinski definition) is 0. The van der Waals surface area contributed by atoms with Crippen LogP contribution in [0.1, 0.15) is 32.1 Å². The Morgan fingerprint density at radius 1 is 0.769 bits per heavy atom. The minimum Gasteiger partial charge on any atom is -0.456 e. The van der Waals surface area contributed by atoms with Crippen LogP contribution in [-0.2, 0) is 36.8 Å². The molecule has 1 aromatic carbocycles. The highest BCUT2D eigenvalue weighted by Crippen LogP contribution is 2.11. The number of carbonyl (C=O) groups excluding carboxylic acids is 2. The van der Waals surface area contributed by atoms with Crippen molar-refractivity contribution in [3.05, 3.63) is 83.4 Å². The van der Waals surface area contributed by atoms with Crippen molar-refractivity contribution in [1.82, 2.24) is 9.13 Å². The SMILES string of the molecule is Cn1cccc1C(=O)OCc1cccc(COC(=O)c2cccn2C)c1. The van der Waals surface area contributed by atoms with Crippen LogP contribution in [0.5, 0.6) is 0 Å². The minimum absolute atomic E-state index is 0.156. The lowest BCUT2D eigenvalue weighted by molar-refractivity contribution is 0.0460. The summed E-state index contributed by atoms with van der Waals surface area (Å²) in [5.74, 6) is -0.754. The summed E-state index contributed by atoms with van der Waals surface area (Å²) in [5, 5.41) is 0. The second kappa shape index (κ2) is 7.74. The number of carbonyl (C=O) groups is 2. The van der Waals surface area contributed by atoms with Gasteiger partial charge in [-0.1, -0.05) is 18.2 Å². The van der Waals surface area contributed by atoms with Gasteiger partial charge in [-0.25, -0.2) is 9.59 Å². The number of aryl methyl sites for hydroxylation is 2. The van der Waals surface area contributed by atoms with Gasteiger partial charge in [0.2, 0.25) is 0 Å². The zero-order chi connectivity index (χ0) is 18.5. The van der Waals surface area contributed by atoms with Gasteiger partial charge in [-0.15, -0.1) is 0 Å². The first-order chi connectivity index (χ1) is 12.5. The summed E-state index contributed by atoms with van der Waals surface area (Å²) in [5.41, 5.74) is 2.66. The first-order valence-electron chi connectivity index (χ1n) is 8.19. The molecule has 0 N–H and O–H groups in total. The number of benzene rings is 1. The fraction of sp³-hybridized carbons (Fsp3) is 0.200. The average molecular weight is 352 g/mol. The van der Waals surface area contributed by atoms with E-state index in [1.54, 1.807) is 59.9 Å². The van der Waals surface area contributed by atoms with E-state index in [2.05, 4.69) is 0 Å². The molecule has 0 aliphatic rings. The molecule has 6 heteroatoms. The van der Waals surface area contributed by atoms with Gasteiger partial charge in [0.25, 0.3) is 0 Å². The van der Waals surface area contributed by atoms with Crippen LogP contribution in [0.25, 0.3) is 0 Å². The van der Waals surface area contributed by atoms with Gasteiger partial charge in [0.05, 0.1) is 0 Å². The maximum Gasteiger partial charge on any atom is 0.355 e. The Morgan fingerprint density at radius 2 is 1.23 bits per heavy atom. The Kier molecular flexibility index (Phi) is 5.22. The van der Waals surface area contributed by atoms with Crippen molar-refractivity contribution in [2.24, 2.45) is 14.1 Å². The fourth-order valence-corrected chi connectivity index (χ4v) is 2.60. The van der Waals surface area contributed by atoms with Crippen LogP contribution in [0, 0.1) is 0 Å². The predicted octanol–water partition coefficient (Wildman–Crippen LogP) is 3.08. The largest absolute Gasteiger partial charge is 0.456 e. The minimum atomic E-state index is -0.377. The molecule has 2 heterocycles. The molecule has 134 valence electrons. The van der Waals surface area contributed by atoms with Crippen molar-refractivity contribution in [2.45, 2.75) is 13.2 Å². The van der Waals surface area contributed by atoms with E-state index in [1.165, 1.54) is 0 Å². The van der Waals surface area contributed by atoms with E-state index < -0.39 is 0 Å². The summed E-state index contributed by atoms with van der Waals surface area (Å²) in [6, 6.07) is 14.4. The Labute approximate surface area is 151 Å². The Hall–Kier alpha value is -3.28. The first kappa shape index (κ1) is 17.5. The molecule has 0 radical (unpaired) electrons. The lowest BCUT2D eigenvalue weighted by atomic mass is 10.1. The standard InChI is InChI=1S/C20H20N2O4/c1-21-10-4-8-17(21)19(23)25-13-15-6-3-7-16(12-15)14-26-20(24)18-9-5-11-22(18)2/h3-12H,13-14H2,1-2H3. The van der Waals surface area contributed by atoms with Gasteiger partial charge in [-0.3, -0.25) is 0 Å². The molecule has 0 saturated heterocycles. The van der Waals surface area contributed by atoms with Crippen molar-refractivity contribution < 1.29 is 19.1 Å². The zero-order valence-electron chi connectivity index (χ0n) is 14.7. The molecule has 0 unspecified atom stereocenters. The molecule has 0 atom stereocenters. The number of esters is 2. The maximum absolute atomic E-state index is 12.0. The fourth-order valence-electron chi connectivity index (χ4n) is 2.60. The van der Waals surface area contributed by atoms with Crippen molar-refractivity contribution in [3.63, 3.8) is 0 Å². The molecule has 3 rings (SSSR count). The zero-order valence-corrected chi connectivity index (χ0v) is 14.7. The summed E-state index contributed by atoms with van der Waals surface area (Å²) in [6.07, 6.45) is 3.58. The van der Waals surface area contributed by atoms with Crippen LogP contribution >= 0.6 is 0 Å². The van der Waals surface area contributed by atoms with Gasteiger partial charge in [-0.05, 0) is 41.5 Å². The normalized spacial score (nSPS) is 10.5. The van der Waals surface area contributed by atoms with Crippen LogP contribution in [0.2, 0.25) is 0 Å². The van der Waals surface area contributed by atoms with E-state index in [0.717, 1.165) is 11.1 Å². The second-order valence-electron chi connectivity index (χ2n) is 5.98. The highest BCUT2D eigenvalue weighted by molar-refractivity contribution is 5.88. The smallest absolute Gasteiger partial charge is 0.355 e. The second-order valence-corrected chi connectivity index (χ2v) is 5.98. The molecule has 3 aromatic rings. The molecule has 0 amide bonds. The third kappa shape index (κ3) is 4.03. The molecule has 0 aliphatic heterocycles. The summed E-state index contributed by atoms with van der Waals surface area (Å²) in [7, 11) is 3.58. The van der Waals surface area contributed by atoms with Crippen molar-refractivity contribution in [2.75, 3.05) is 0 Å². The van der Waals surface area contributed by atoms with E-state index in [4.69, 9.17) is 9.47 Å². The maximum atomic E-state index is 12.0. The molecule has 0 bridgehead atoms. The quantitative estimate of drug-likeness (QED) is 0.640. The molecule has 6 nitrogen and oxygen atoms in total. The van der Waals surface area contributed by atoms with Crippen molar-refractivity contribution in [1.29, 1.82) is 0 Å². The van der Waals surface area contributed by atoms with E-state index in [9.17, 15) is 9.59 Å². The molecule has 0 spiro atoms. The number of nitrogens with zero attached hydrogens (tertiary/aromatic N) is 2. The number of hydrogen-bond acceptors (Lipinski definition) is 4. The third-order valence-electron chi connectivity index (χ3n) is 4.04. The molecule has 0 fully saturated rings. The topological polar surface area (TPSA) is 62.5 Å². The van der Waals surface area contributed by atoms with Crippen LogP contribution in [0.3, 0.4) is 0 Å². The van der Waals surface area contributed by atoms with Crippen molar-refractivity contribution in [3.8, 4) is 0 Å². The Bertz CT molecular complexity index is 852. The van der Waals surface area contributed by atoms with E-state index in [0.29, 0.717) is 11.4 Å². The van der Waals surface area contributed by atoms with Crippen LogP contribution < -0.4 is 0 Å². The van der Waals surface area contributed by atoms with Gasteiger partial charge in [0.15, 0.2) is 0 Å². The Balaban J connectivity index is 1.56. The molecule has 26 heavy (non-hydrogen) atoms. The van der Waals surface area contributed by atoms with Gasteiger partial charge in [-0.2, -0.15) is 0 Å². The number of rotatable bonds is 6. The molecule has 2 aromatic heterocycles. The van der Waals surface area contributed by atoms with E-state index in [-0.39, 0.29) is 25.2 Å².